The minimum atomic E-state index is -0.542. The Labute approximate surface area is 242 Å². The predicted molar refractivity (Wildman–Crippen MR) is 155 cm³/mol. The minimum absolute atomic E-state index is 0.0207. The average Bonchev–Trinajstić information content (AvgIpc) is 3.66. The van der Waals surface area contributed by atoms with Crippen molar-refractivity contribution in [2.45, 2.75) is 148 Å². The van der Waals surface area contributed by atoms with Gasteiger partial charge in [-0.05, 0) is 139 Å². The van der Waals surface area contributed by atoms with Crippen molar-refractivity contribution < 1.29 is 24.2 Å². The maximum atomic E-state index is 12.7. The Kier molecular flexibility index (Phi) is 7.24. The maximum absolute atomic E-state index is 12.7. The van der Waals surface area contributed by atoms with E-state index < -0.39 is 5.60 Å². The SMILES string of the molecule is CCC(C)(C)C(=O)OC1(CC)CC2CC1C1C3CCC(C3)C21.CCC(C)C(=O)OC12CC3CC(CC(O)(C3)C1)C2. The molecule has 5 heteroatoms. The molecule has 0 aliphatic heterocycles. The molecule has 226 valence electrons. The summed E-state index contributed by atoms with van der Waals surface area (Å²) in [5.74, 6) is 6.46. The predicted octanol–water partition coefficient (Wildman–Crippen LogP) is 7.48. The van der Waals surface area contributed by atoms with E-state index in [1.807, 2.05) is 27.7 Å². The molecule has 8 aliphatic carbocycles. The van der Waals surface area contributed by atoms with Gasteiger partial charge in [-0.25, -0.2) is 0 Å². The molecule has 0 aromatic carbocycles. The molecular weight excluding hydrogens is 500 g/mol. The summed E-state index contributed by atoms with van der Waals surface area (Å²) in [6.07, 6.45) is 15.3. The van der Waals surface area contributed by atoms with Gasteiger partial charge >= 0.3 is 11.9 Å². The van der Waals surface area contributed by atoms with Crippen molar-refractivity contribution in [1.29, 1.82) is 0 Å². The van der Waals surface area contributed by atoms with Gasteiger partial charge in [-0.15, -0.1) is 0 Å². The Balaban J connectivity index is 0.000000148. The van der Waals surface area contributed by atoms with E-state index in [9.17, 15) is 14.7 Å². The fraction of sp³-hybridized carbons (Fsp3) is 0.943. The van der Waals surface area contributed by atoms with Crippen LogP contribution >= 0.6 is 0 Å². The van der Waals surface area contributed by atoms with E-state index in [2.05, 4.69) is 13.8 Å². The zero-order valence-corrected chi connectivity index (χ0v) is 26.2. The molecule has 8 bridgehead atoms. The van der Waals surface area contributed by atoms with Crippen molar-refractivity contribution in [3.05, 3.63) is 0 Å². The normalized spacial score (nSPS) is 48.0. The Morgan fingerprint density at radius 3 is 2.10 bits per heavy atom. The van der Waals surface area contributed by atoms with Crippen molar-refractivity contribution in [2.75, 3.05) is 0 Å². The van der Waals surface area contributed by atoms with Crippen LogP contribution in [0.1, 0.15) is 131 Å². The number of rotatable bonds is 7. The highest BCUT2D eigenvalue weighted by molar-refractivity contribution is 5.76. The second-order valence-electron chi connectivity index (χ2n) is 16.4. The van der Waals surface area contributed by atoms with Crippen LogP contribution in [0.4, 0.5) is 0 Å². The van der Waals surface area contributed by atoms with Crippen molar-refractivity contribution in [1.82, 2.24) is 0 Å². The topological polar surface area (TPSA) is 72.8 Å². The summed E-state index contributed by atoms with van der Waals surface area (Å²) >= 11 is 0. The second kappa shape index (κ2) is 9.98. The highest BCUT2D eigenvalue weighted by atomic mass is 16.6. The van der Waals surface area contributed by atoms with Crippen molar-refractivity contribution in [3.8, 4) is 0 Å². The lowest BCUT2D eigenvalue weighted by molar-refractivity contribution is -0.222. The maximum Gasteiger partial charge on any atom is 0.312 e. The summed E-state index contributed by atoms with van der Waals surface area (Å²) in [5.41, 5.74) is -1.34. The smallest absolute Gasteiger partial charge is 0.312 e. The van der Waals surface area contributed by atoms with Gasteiger partial charge in [-0.3, -0.25) is 9.59 Å². The highest BCUT2D eigenvalue weighted by Gasteiger charge is 2.68. The summed E-state index contributed by atoms with van der Waals surface area (Å²) in [7, 11) is 0. The number of hydrogen-bond donors (Lipinski definition) is 1. The summed E-state index contributed by atoms with van der Waals surface area (Å²) in [5, 5.41) is 10.6. The van der Waals surface area contributed by atoms with E-state index >= 15 is 0 Å². The molecule has 0 heterocycles. The molecule has 0 amide bonds. The molecule has 0 radical (unpaired) electrons. The highest BCUT2D eigenvalue weighted by Crippen LogP contribution is 2.71. The Hall–Kier alpha value is -1.10. The van der Waals surface area contributed by atoms with Crippen LogP contribution in [0.2, 0.25) is 0 Å². The van der Waals surface area contributed by atoms with Crippen molar-refractivity contribution in [3.63, 3.8) is 0 Å². The van der Waals surface area contributed by atoms with E-state index in [0.29, 0.717) is 24.2 Å². The summed E-state index contributed by atoms with van der Waals surface area (Å²) in [4.78, 5) is 24.8. The number of esters is 2. The number of hydrogen-bond acceptors (Lipinski definition) is 5. The van der Waals surface area contributed by atoms with Gasteiger partial charge in [0.25, 0.3) is 0 Å². The van der Waals surface area contributed by atoms with Crippen LogP contribution in [0.5, 0.6) is 0 Å². The summed E-state index contributed by atoms with van der Waals surface area (Å²) in [6, 6.07) is 0. The lowest BCUT2D eigenvalue weighted by Gasteiger charge is -2.59. The zero-order chi connectivity index (χ0) is 28.7. The van der Waals surface area contributed by atoms with Crippen molar-refractivity contribution >= 4 is 11.9 Å². The van der Waals surface area contributed by atoms with Crippen LogP contribution in [-0.4, -0.2) is 33.8 Å². The van der Waals surface area contributed by atoms with E-state index in [0.717, 1.165) is 81.0 Å². The Morgan fingerprint density at radius 2 is 1.52 bits per heavy atom. The molecule has 8 saturated carbocycles. The molecule has 40 heavy (non-hydrogen) atoms. The molecule has 0 saturated heterocycles. The minimum Gasteiger partial charge on any atom is -0.459 e. The zero-order valence-electron chi connectivity index (χ0n) is 26.2. The summed E-state index contributed by atoms with van der Waals surface area (Å²) in [6.45, 7) is 12.3. The Morgan fingerprint density at radius 1 is 0.875 bits per heavy atom. The van der Waals surface area contributed by atoms with Crippen LogP contribution in [0.3, 0.4) is 0 Å². The van der Waals surface area contributed by atoms with E-state index in [1.54, 1.807) is 0 Å². The lowest BCUT2D eigenvalue weighted by atomic mass is 9.52. The first kappa shape index (κ1) is 29.0. The number of carbonyl (C=O) groups is 2. The molecule has 10 atom stereocenters. The molecule has 8 rings (SSSR count). The van der Waals surface area contributed by atoms with Gasteiger partial charge in [0.1, 0.15) is 11.2 Å². The first-order chi connectivity index (χ1) is 18.9. The fourth-order valence-corrected chi connectivity index (χ4v) is 11.5. The monoisotopic (exact) mass is 556 g/mol. The number of fused-ring (bicyclic) bond motifs is 9. The number of ether oxygens (including phenoxy) is 2. The molecule has 8 aliphatic rings. The second-order valence-corrected chi connectivity index (χ2v) is 16.4. The van der Waals surface area contributed by atoms with Crippen LogP contribution in [0.25, 0.3) is 0 Å². The van der Waals surface area contributed by atoms with E-state index in [-0.39, 0.29) is 34.5 Å². The van der Waals surface area contributed by atoms with Crippen LogP contribution < -0.4 is 0 Å². The van der Waals surface area contributed by atoms with Gasteiger partial charge in [-0.2, -0.15) is 0 Å². The Bertz CT molecular complexity index is 988. The van der Waals surface area contributed by atoms with Gasteiger partial charge in [0.05, 0.1) is 16.9 Å². The largest absolute Gasteiger partial charge is 0.459 e. The molecule has 0 aromatic rings. The molecule has 1 N–H and O–H groups in total. The first-order valence-corrected chi connectivity index (χ1v) is 17.0. The molecule has 8 fully saturated rings. The fourth-order valence-electron chi connectivity index (χ4n) is 11.5. The summed E-state index contributed by atoms with van der Waals surface area (Å²) < 4.78 is 12.2. The van der Waals surface area contributed by atoms with Crippen molar-refractivity contribution in [2.24, 2.45) is 58.7 Å². The van der Waals surface area contributed by atoms with Gasteiger partial charge < -0.3 is 14.6 Å². The average molecular weight is 557 g/mol. The quantitative estimate of drug-likeness (QED) is 0.260. The van der Waals surface area contributed by atoms with Gasteiger partial charge in [0.2, 0.25) is 0 Å². The van der Waals surface area contributed by atoms with E-state index in [1.165, 1.54) is 32.1 Å². The molecular formula is C35H56O5. The standard InChI is InChI=1S/C20H32O2.C15H24O3/c1-5-19(3,4)18(21)22-20(6-2)11-14-10-15(20)17-13-8-7-12(9-13)16(14)17;1-3-10(2)13(16)18-15-7-11-4-12(8-15)6-14(17,5-11)9-15/h12-17H,5-11H2,1-4H3;10-12,17H,3-9H2,1-2H3. The van der Waals surface area contributed by atoms with Crippen LogP contribution in [-0.2, 0) is 19.1 Å². The number of aliphatic hydroxyl groups is 1. The van der Waals surface area contributed by atoms with Gasteiger partial charge in [-0.1, -0.05) is 27.7 Å². The first-order valence-electron chi connectivity index (χ1n) is 17.0. The van der Waals surface area contributed by atoms with E-state index in [4.69, 9.17) is 9.47 Å². The number of carbonyl (C=O) groups excluding carboxylic acids is 2. The molecule has 0 aromatic heterocycles. The molecule has 0 spiro atoms. The van der Waals surface area contributed by atoms with Crippen LogP contribution in [0.15, 0.2) is 0 Å². The third kappa shape index (κ3) is 4.67. The molecule has 10 unspecified atom stereocenters. The van der Waals surface area contributed by atoms with Gasteiger partial charge in [0, 0.05) is 12.3 Å². The molecule has 5 nitrogen and oxygen atoms in total. The third-order valence-corrected chi connectivity index (χ3v) is 13.5. The third-order valence-electron chi connectivity index (χ3n) is 13.5. The van der Waals surface area contributed by atoms with Gasteiger partial charge in [0.15, 0.2) is 0 Å². The van der Waals surface area contributed by atoms with Crippen LogP contribution in [0, 0.1) is 58.7 Å². The lowest BCUT2D eigenvalue weighted by Crippen LogP contribution is -2.60.